The Morgan fingerprint density at radius 1 is 1.32 bits per heavy atom. The van der Waals surface area contributed by atoms with Gasteiger partial charge in [0.2, 0.25) is 18.7 Å². The van der Waals surface area contributed by atoms with E-state index in [-0.39, 0.29) is 6.79 Å². The van der Waals surface area contributed by atoms with Crippen LogP contribution in [0.15, 0.2) is 18.2 Å². The number of aromatic nitrogens is 3. The van der Waals surface area contributed by atoms with E-state index in [9.17, 15) is 0 Å². The van der Waals surface area contributed by atoms with Crippen molar-refractivity contribution in [2.75, 3.05) is 31.1 Å². The number of hydrogen-bond donors (Lipinski definition) is 2. The van der Waals surface area contributed by atoms with E-state index in [4.69, 9.17) is 9.47 Å². The van der Waals surface area contributed by atoms with E-state index >= 15 is 0 Å². The molecule has 0 radical (unpaired) electrons. The van der Waals surface area contributed by atoms with Crippen molar-refractivity contribution in [1.82, 2.24) is 15.2 Å². The standard InChI is InChI=1S/C12H15N5O2/c1-17(2)12-14-11(15-16-12)13-6-8-4-3-5-9-10(8)19-7-18-9/h3-5H,6-7H2,1-2H3,(H2,13,14,15,16). The average Bonchev–Trinajstić information content (AvgIpc) is 3.05. The molecule has 100 valence electrons. The Morgan fingerprint density at radius 3 is 3.00 bits per heavy atom. The average molecular weight is 261 g/mol. The molecule has 19 heavy (non-hydrogen) atoms. The SMILES string of the molecule is CN(C)c1nnc(NCc2cccc3c2OCO3)[nH]1. The van der Waals surface area contributed by atoms with E-state index in [1.165, 1.54) is 0 Å². The Balaban J connectivity index is 1.71. The minimum absolute atomic E-state index is 0.277. The van der Waals surface area contributed by atoms with E-state index in [2.05, 4.69) is 20.5 Å². The fraction of sp³-hybridized carbons (Fsp3) is 0.333. The van der Waals surface area contributed by atoms with Crippen molar-refractivity contribution in [3.05, 3.63) is 23.8 Å². The largest absolute Gasteiger partial charge is 0.454 e. The lowest BCUT2D eigenvalue weighted by Crippen LogP contribution is -2.10. The number of aromatic amines is 1. The molecule has 0 atom stereocenters. The molecule has 0 aliphatic carbocycles. The van der Waals surface area contributed by atoms with Crippen LogP contribution in [0.2, 0.25) is 0 Å². The van der Waals surface area contributed by atoms with Gasteiger partial charge in [-0.1, -0.05) is 12.1 Å². The first-order valence-corrected chi connectivity index (χ1v) is 5.95. The van der Waals surface area contributed by atoms with Gasteiger partial charge < -0.3 is 19.7 Å². The molecule has 0 amide bonds. The summed E-state index contributed by atoms with van der Waals surface area (Å²) in [7, 11) is 3.80. The molecule has 2 N–H and O–H groups in total. The highest BCUT2D eigenvalue weighted by atomic mass is 16.7. The third kappa shape index (κ3) is 2.26. The van der Waals surface area contributed by atoms with Crippen LogP contribution in [0.1, 0.15) is 5.56 Å². The van der Waals surface area contributed by atoms with E-state index in [0.29, 0.717) is 18.4 Å². The minimum Gasteiger partial charge on any atom is -0.454 e. The van der Waals surface area contributed by atoms with Gasteiger partial charge in [0.05, 0.1) is 0 Å². The third-order valence-electron chi connectivity index (χ3n) is 2.82. The number of para-hydroxylation sites is 1. The van der Waals surface area contributed by atoms with Crippen LogP contribution >= 0.6 is 0 Å². The fourth-order valence-corrected chi connectivity index (χ4v) is 1.84. The van der Waals surface area contributed by atoms with Crippen molar-refractivity contribution in [1.29, 1.82) is 0 Å². The summed E-state index contributed by atoms with van der Waals surface area (Å²) in [6, 6.07) is 5.82. The van der Waals surface area contributed by atoms with Gasteiger partial charge in [0.15, 0.2) is 11.5 Å². The predicted molar refractivity (Wildman–Crippen MR) is 70.6 cm³/mol. The molecule has 0 bridgehead atoms. The molecule has 7 nitrogen and oxygen atoms in total. The molecule has 1 aliphatic rings. The summed E-state index contributed by atoms with van der Waals surface area (Å²) in [6.07, 6.45) is 0. The lowest BCUT2D eigenvalue weighted by Gasteiger charge is -2.07. The molecule has 0 saturated carbocycles. The molecule has 0 unspecified atom stereocenters. The van der Waals surface area contributed by atoms with Crippen LogP contribution in [0.5, 0.6) is 11.5 Å². The molecule has 0 saturated heterocycles. The number of ether oxygens (including phenoxy) is 2. The van der Waals surface area contributed by atoms with E-state index in [1.807, 2.05) is 37.2 Å². The number of rotatable bonds is 4. The maximum Gasteiger partial charge on any atom is 0.231 e. The summed E-state index contributed by atoms with van der Waals surface area (Å²) < 4.78 is 10.8. The number of anilines is 2. The highest BCUT2D eigenvalue weighted by molar-refractivity contribution is 5.49. The zero-order valence-corrected chi connectivity index (χ0v) is 10.8. The molecule has 2 aromatic rings. The summed E-state index contributed by atoms with van der Waals surface area (Å²) in [5.41, 5.74) is 1.03. The zero-order chi connectivity index (χ0) is 13.2. The van der Waals surface area contributed by atoms with Crippen molar-refractivity contribution in [3.63, 3.8) is 0 Å². The normalized spacial score (nSPS) is 12.5. The Bertz CT molecular complexity index is 581. The van der Waals surface area contributed by atoms with Crippen LogP contribution in [0.4, 0.5) is 11.9 Å². The van der Waals surface area contributed by atoms with Gasteiger partial charge in [-0.25, -0.2) is 0 Å². The van der Waals surface area contributed by atoms with Gasteiger partial charge in [0.25, 0.3) is 0 Å². The van der Waals surface area contributed by atoms with Crippen molar-refractivity contribution >= 4 is 11.9 Å². The van der Waals surface area contributed by atoms with E-state index in [0.717, 1.165) is 17.1 Å². The van der Waals surface area contributed by atoms with Crippen molar-refractivity contribution in [2.24, 2.45) is 0 Å². The molecule has 2 heterocycles. The summed E-state index contributed by atoms with van der Waals surface area (Å²) in [4.78, 5) is 4.93. The Morgan fingerprint density at radius 2 is 2.21 bits per heavy atom. The first kappa shape index (κ1) is 11.6. The van der Waals surface area contributed by atoms with Crippen LogP contribution in [0.25, 0.3) is 0 Å². The molecule has 0 fully saturated rings. The van der Waals surface area contributed by atoms with Crippen LogP contribution in [0.3, 0.4) is 0 Å². The number of hydrogen-bond acceptors (Lipinski definition) is 6. The third-order valence-corrected chi connectivity index (χ3v) is 2.82. The Hall–Kier alpha value is -2.44. The first-order chi connectivity index (χ1) is 9.24. The fourth-order valence-electron chi connectivity index (χ4n) is 1.84. The molecule has 1 aromatic heterocycles. The second-order valence-corrected chi connectivity index (χ2v) is 4.40. The number of benzene rings is 1. The molecular formula is C12H15N5O2. The molecule has 1 aliphatic heterocycles. The molecule has 0 spiro atoms. The molecular weight excluding hydrogens is 246 g/mol. The topological polar surface area (TPSA) is 75.3 Å². The summed E-state index contributed by atoms with van der Waals surface area (Å²) >= 11 is 0. The second-order valence-electron chi connectivity index (χ2n) is 4.40. The van der Waals surface area contributed by atoms with Gasteiger partial charge in [-0.3, -0.25) is 4.98 Å². The second kappa shape index (κ2) is 4.68. The van der Waals surface area contributed by atoms with Crippen molar-refractivity contribution < 1.29 is 9.47 Å². The van der Waals surface area contributed by atoms with Gasteiger partial charge in [-0.05, 0) is 6.07 Å². The molecule has 3 rings (SSSR count). The van der Waals surface area contributed by atoms with Gasteiger partial charge in [-0.2, -0.15) is 0 Å². The first-order valence-electron chi connectivity index (χ1n) is 5.95. The monoisotopic (exact) mass is 261 g/mol. The maximum atomic E-state index is 5.44. The summed E-state index contributed by atoms with van der Waals surface area (Å²) in [5, 5.41) is 11.2. The van der Waals surface area contributed by atoms with Crippen LogP contribution in [-0.4, -0.2) is 36.1 Å². The highest BCUT2D eigenvalue weighted by Crippen LogP contribution is 2.35. The minimum atomic E-state index is 0.277. The van der Waals surface area contributed by atoms with Gasteiger partial charge in [0, 0.05) is 26.2 Å². The van der Waals surface area contributed by atoms with Gasteiger partial charge >= 0.3 is 0 Å². The van der Waals surface area contributed by atoms with Crippen molar-refractivity contribution in [2.45, 2.75) is 6.54 Å². The quantitative estimate of drug-likeness (QED) is 0.861. The van der Waals surface area contributed by atoms with Gasteiger partial charge in [-0.15, -0.1) is 10.2 Å². The Kier molecular flexibility index (Phi) is 2.86. The van der Waals surface area contributed by atoms with E-state index in [1.54, 1.807) is 0 Å². The van der Waals surface area contributed by atoms with Crippen LogP contribution in [0, 0.1) is 0 Å². The smallest absolute Gasteiger partial charge is 0.231 e. The van der Waals surface area contributed by atoms with Crippen LogP contribution in [-0.2, 0) is 6.54 Å². The van der Waals surface area contributed by atoms with Crippen molar-refractivity contribution in [3.8, 4) is 11.5 Å². The summed E-state index contributed by atoms with van der Waals surface area (Å²) in [5.74, 6) is 2.91. The maximum absolute atomic E-state index is 5.44. The summed E-state index contributed by atoms with van der Waals surface area (Å²) in [6.45, 7) is 0.869. The molecule has 7 heteroatoms. The molecule has 1 aromatic carbocycles. The Labute approximate surface area is 110 Å². The zero-order valence-electron chi connectivity index (χ0n) is 10.8. The highest BCUT2D eigenvalue weighted by Gasteiger charge is 2.17. The van der Waals surface area contributed by atoms with Gasteiger partial charge in [0.1, 0.15) is 0 Å². The number of H-pyrrole nitrogens is 1. The number of nitrogens with one attached hydrogen (secondary N) is 2. The number of fused-ring (bicyclic) bond motifs is 1. The number of nitrogens with zero attached hydrogens (tertiary/aromatic N) is 3. The van der Waals surface area contributed by atoms with Crippen LogP contribution < -0.4 is 19.7 Å². The lowest BCUT2D eigenvalue weighted by molar-refractivity contribution is 0.173. The predicted octanol–water partition coefficient (Wildman–Crippen LogP) is 1.21. The lowest BCUT2D eigenvalue weighted by atomic mass is 10.2. The van der Waals surface area contributed by atoms with E-state index < -0.39 is 0 Å².